The van der Waals surface area contributed by atoms with E-state index in [2.05, 4.69) is 20.3 Å². The molecule has 0 saturated carbocycles. The molecule has 2 heterocycles. The molecule has 94 valence electrons. The maximum absolute atomic E-state index is 12.4. The van der Waals surface area contributed by atoms with Crippen LogP contribution in [0.2, 0.25) is 2.82 Å². The minimum Gasteiger partial charge on any atom is -0.394 e. The third-order valence-corrected chi connectivity index (χ3v) is 1.77. The summed E-state index contributed by atoms with van der Waals surface area (Å²) < 4.78 is 103. The summed E-state index contributed by atoms with van der Waals surface area (Å²) in [5, 5.41) is 11.6. The first kappa shape index (κ1) is 3.75. The van der Waals surface area contributed by atoms with Crippen molar-refractivity contribution in [2.45, 2.75) is 24.4 Å². The van der Waals surface area contributed by atoms with Gasteiger partial charge in [0.25, 0.3) is 0 Å². The SMILES string of the molecule is [2H]OC1([2H])[C@]([2H])(n2c([2H])c([2H])c(N([2H])[2H])nc2=O)O[C@]([2H])(C([2H])([2H])O[2H])[C@@]1([2H])O[2H]. The predicted octanol–water partition coefficient (Wildman–Crippen LogP) is -2.56. The first-order chi connectivity index (χ1) is 13.5. The topological polar surface area (TPSA) is 131 Å². The molecule has 1 aliphatic rings. The molecular weight excluding hydrogens is 230 g/mol. The van der Waals surface area contributed by atoms with Gasteiger partial charge in [0.1, 0.15) is 24.1 Å². The Balaban J connectivity index is 2.97. The van der Waals surface area contributed by atoms with Crippen molar-refractivity contribution in [2.24, 2.45) is 0 Å². The number of hydrogen-bond acceptors (Lipinski definition) is 7. The minimum absolute atomic E-state index is 0.289. The Morgan fingerprint density at radius 2 is 2.71 bits per heavy atom. The van der Waals surface area contributed by atoms with Crippen LogP contribution in [0.5, 0.6) is 0 Å². The van der Waals surface area contributed by atoms with Gasteiger partial charge in [0.05, 0.1) is 17.5 Å². The monoisotopic (exact) mass is 256 g/mol. The molecule has 8 heteroatoms. The highest BCUT2D eigenvalue weighted by atomic mass is 16.6. The molecule has 1 unspecified atom stereocenters. The Kier molecular flexibility index (Phi) is 0.975. The maximum atomic E-state index is 12.4. The fraction of sp³-hybridized carbons (Fsp3) is 0.556. The molecule has 4 atom stereocenters. The van der Waals surface area contributed by atoms with Crippen LogP contribution < -0.4 is 11.4 Å². The van der Waals surface area contributed by atoms with Crippen LogP contribution in [0.25, 0.3) is 0 Å². The highest BCUT2D eigenvalue weighted by Crippen LogP contribution is 2.27. The lowest BCUT2D eigenvalue weighted by atomic mass is 10.1. The lowest BCUT2D eigenvalue weighted by molar-refractivity contribution is -0.0549. The minimum atomic E-state index is -3.82. The first-order valence-corrected chi connectivity index (χ1v) is 4.07. The first-order valence-electron chi connectivity index (χ1n) is 10.2. The van der Waals surface area contributed by atoms with E-state index in [0.29, 0.717) is 0 Å². The van der Waals surface area contributed by atoms with E-state index < -0.39 is 54.7 Å². The number of nitrogen functional groups attached to an aromatic ring is 1. The average Bonchev–Trinajstić information content (AvgIpc) is 2.81. The Morgan fingerprint density at radius 3 is 3.41 bits per heavy atom. The average molecular weight is 256 g/mol. The molecule has 0 spiro atoms. The summed E-state index contributed by atoms with van der Waals surface area (Å²) in [6.07, 6.45) is -16.6. The van der Waals surface area contributed by atoms with Gasteiger partial charge in [-0.25, -0.2) is 4.79 Å². The number of hydrogen-bond donors (Lipinski definition) is 4. The fourth-order valence-corrected chi connectivity index (χ4v) is 1.06. The van der Waals surface area contributed by atoms with Gasteiger partial charge in [-0.1, -0.05) is 0 Å². The van der Waals surface area contributed by atoms with Crippen molar-refractivity contribution in [3.63, 3.8) is 0 Å². The Hall–Kier alpha value is -1.48. The summed E-state index contributed by atoms with van der Waals surface area (Å²) in [6, 6.07) is -1.13. The lowest BCUT2D eigenvalue weighted by Crippen LogP contribution is -2.36. The second kappa shape index (κ2) is 4.41. The third-order valence-electron chi connectivity index (χ3n) is 1.77. The van der Waals surface area contributed by atoms with Crippen molar-refractivity contribution < 1.29 is 33.9 Å². The summed E-state index contributed by atoms with van der Waals surface area (Å²) in [6.45, 7) is -3.73. The summed E-state index contributed by atoms with van der Waals surface area (Å²) >= 11 is 0. The van der Waals surface area contributed by atoms with Gasteiger partial charge in [0, 0.05) is 6.17 Å². The second-order valence-electron chi connectivity index (χ2n) is 2.79. The normalized spacial score (nSPS) is 61.5. The number of aliphatic hydroxyl groups is 3. The summed E-state index contributed by atoms with van der Waals surface area (Å²) in [7, 11) is 0. The molecule has 0 amide bonds. The summed E-state index contributed by atoms with van der Waals surface area (Å²) in [5.74, 6) is -0.985. The fourth-order valence-electron chi connectivity index (χ4n) is 1.06. The van der Waals surface area contributed by atoms with E-state index in [1.807, 2.05) is 0 Å². The van der Waals surface area contributed by atoms with Crippen LogP contribution >= 0.6 is 0 Å². The number of rotatable bonds is 6. The van der Waals surface area contributed by atoms with E-state index in [-0.39, 0.29) is 10.3 Å². The molecule has 5 N–H and O–H groups in total. The van der Waals surface area contributed by atoms with Crippen LogP contribution in [0.3, 0.4) is 0 Å². The molecule has 17 heavy (non-hydrogen) atoms. The zero-order chi connectivity index (χ0) is 23.5. The number of ether oxygens (including phenoxy) is 1. The zero-order valence-electron chi connectivity index (χ0n) is 20.9. The molecule has 2 rings (SSSR count). The van der Waals surface area contributed by atoms with Crippen LogP contribution in [-0.2, 0) is 4.74 Å². The molecule has 0 aliphatic carbocycles. The van der Waals surface area contributed by atoms with Crippen molar-refractivity contribution in [3.8, 4) is 0 Å². The lowest BCUT2D eigenvalue weighted by Gasteiger charge is -2.16. The molecule has 1 saturated heterocycles. The largest absolute Gasteiger partial charge is 0.394 e. The van der Waals surface area contributed by atoms with Crippen LogP contribution in [0.15, 0.2) is 17.0 Å². The standard InChI is InChI=1S/C9H13N3O5/c10-5-1-2-12(9(16)11-5)8-7(15)6(14)4(3-13)17-8/h1-2,4,6-8,13-15H,3H2,(H2,10,11,16)/t4-,6-,7?,8-/m1/s1/i1D,2D,3D2,4D,6D,7D,8D,13D,14D,15D/hD2. The van der Waals surface area contributed by atoms with Crippen molar-refractivity contribution in [3.05, 3.63) is 22.7 Å². The zero-order valence-corrected chi connectivity index (χ0v) is 7.88. The van der Waals surface area contributed by atoms with Gasteiger partial charge in [-0.2, -0.15) is 4.98 Å². The third kappa shape index (κ3) is 2.03. The quantitative estimate of drug-likeness (QED) is 0.440. The molecule has 0 aromatic carbocycles. The number of nitrogens with two attached hydrogens (primary N) is 1. The molecular formula is C9H13N3O5. The van der Waals surface area contributed by atoms with E-state index in [9.17, 15) is 4.79 Å². The Morgan fingerprint density at radius 1 is 1.82 bits per heavy atom. The van der Waals surface area contributed by atoms with Crippen LogP contribution in [0.1, 0.15) is 17.2 Å². The highest BCUT2D eigenvalue weighted by molar-refractivity contribution is 5.23. The van der Waals surface area contributed by atoms with Gasteiger partial charge in [0.2, 0.25) is 4.29 Å². The van der Waals surface area contributed by atoms with Crippen molar-refractivity contribution >= 4 is 5.82 Å². The maximum Gasteiger partial charge on any atom is 0.351 e. The van der Waals surface area contributed by atoms with Gasteiger partial charge in [-0.05, 0) is 6.04 Å². The molecule has 1 aromatic heterocycles. The number of nitrogens with zero attached hydrogens (tertiary/aromatic N) is 2. The van der Waals surface area contributed by atoms with Crippen LogP contribution in [-0.4, -0.2) is 54.0 Å². The molecule has 8 nitrogen and oxygen atoms in total. The van der Waals surface area contributed by atoms with Crippen LogP contribution in [0.4, 0.5) is 5.82 Å². The van der Waals surface area contributed by atoms with Crippen molar-refractivity contribution in [2.75, 3.05) is 12.3 Å². The number of aromatic nitrogens is 2. The van der Waals surface area contributed by atoms with E-state index in [0.717, 1.165) is 0 Å². The van der Waals surface area contributed by atoms with E-state index >= 15 is 0 Å². The van der Waals surface area contributed by atoms with E-state index in [4.69, 9.17) is 22.8 Å². The van der Waals surface area contributed by atoms with E-state index in [1.165, 1.54) is 0 Å². The molecule has 1 aliphatic heterocycles. The van der Waals surface area contributed by atoms with Gasteiger partial charge in [-0.3, -0.25) is 4.57 Å². The van der Waals surface area contributed by atoms with Gasteiger partial charge in [-0.15, -0.1) is 0 Å². The number of anilines is 1. The van der Waals surface area contributed by atoms with Gasteiger partial charge in [0.15, 0.2) is 9.03 Å². The highest BCUT2D eigenvalue weighted by Gasteiger charge is 2.43. The second-order valence-corrected chi connectivity index (χ2v) is 2.79. The predicted molar refractivity (Wildman–Crippen MR) is 55.9 cm³/mol. The van der Waals surface area contributed by atoms with Crippen molar-refractivity contribution in [1.82, 2.24) is 9.55 Å². The summed E-state index contributed by atoms with van der Waals surface area (Å²) in [5.41, 5.74) is -2.06. The van der Waals surface area contributed by atoms with Crippen LogP contribution in [0, 0.1) is 0 Å². The van der Waals surface area contributed by atoms with Gasteiger partial charge >= 0.3 is 5.69 Å². The molecule has 1 aromatic rings. The molecule has 1 fully saturated rings. The van der Waals surface area contributed by atoms with Crippen molar-refractivity contribution in [1.29, 1.82) is 4.29 Å². The Labute approximate surface area is 115 Å². The molecule has 0 radical (unpaired) electrons. The smallest absolute Gasteiger partial charge is 0.351 e. The Bertz CT molecular complexity index is 902. The van der Waals surface area contributed by atoms with Gasteiger partial charge < -0.3 is 25.8 Å². The van der Waals surface area contributed by atoms with E-state index in [1.54, 1.807) is 0 Å². The summed E-state index contributed by atoms with van der Waals surface area (Å²) in [4.78, 5) is 15.5. The molecule has 0 bridgehead atoms.